The Morgan fingerprint density at radius 2 is 1.78 bits per heavy atom. The number of hydrogen-bond donors (Lipinski definition) is 2. The van der Waals surface area contributed by atoms with Crippen LogP contribution in [0.1, 0.15) is 53.4 Å². The minimum atomic E-state index is -0.166. The van der Waals surface area contributed by atoms with Gasteiger partial charge in [0, 0.05) is 17.6 Å². The Labute approximate surface area is 111 Å². The van der Waals surface area contributed by atoms with E-state index >= 15 is 0 Å². The number of nitrogens with two attached hydrogens (primary N) is 1. The first-order valence-corrected chi connectivity index (χ1v) is 7.00. The summed E-state index contributed by atoms with van der Waals surface area (Å²) in [5, 5.41) is 3.04. The molecule has 1 aliphatic rings. The van der Waals surface area contributed by atoms with Crippen molar-refractivity contribution >= 4 is 5.91 Å². The van der Waals surface area contributed by atoms with Crippen LogP contribution in [-0.4, -0.2) is 41.5 Å². The number of likely N-dealkylation sites (N-methyl/N-ethyl adjacent to an activating group) is 1. The lowest BCUT2D eigenvalue weighted by molar-refractivity contribution is -0.127. The van der Waals surface area contributed by atoms with E-state index in [0.29, 0.717) is 12.1 Å². The third-order valence-corrected chi connectivity index (χ3v) is 3.81. The quantitative estimate of drug-likeness (QED) is 0.803. The van der Waals surface area contributed by atoms with Crippen molar-refractivity contribution in [3.8, 4) is 0 Å². The summed E-state index contributed by atoms with van der Waals surface area (Å²) in [5.74, 6) is 0.111. The fraction of sp³-hybridized carbons (Fsp3) is 0.929. The predicted octanol–water partition coefficient (Wildman–Crippen LogP) is 1.49. The number of amides is 1. The molecule has 3 N–H and O–H groups in total. The molecular formula is C14H29N3O. The predicted molar refractivity (Wildman–Crippen MR) is 75.4 cm³/mol. The summed E-state index contributed by atoms with van der Waals surface area (Å²) >= 11 is 0. The molecule has 0 heterocycles. The molecule has 4 heteroatoms. The van der Waals surface area contributed by atoms with E-state index in [9.17, 15) is 4.79 Å². The lowest BCUT2D eigenvalue weighted by Gasteiger charge is -2.37. The molecule has 1 rings (SSSR count). The zero-order valence-electron chi connectivity index (χ0n) is 12.5. The number of nitrogens with zero attached hydrogens (tertiary/aromatic N) is 1. The van der Waals surface area contributed by atoms with Crippen LogP contribution < -0.4 is 11.1 Å². The molecule has 1 unspecified atom stereocenters. The molecule has 1 fully saturated rings. The van der Waals surface area contributed by atoms with E-state index in [1.54, 1.807) is 0 Å². The molecule has 1 saturated carbocycles. The highest BCUT2D eigenvalue weighted by Gasteiger charge is 2.29. The molecule has 0 aromatic carbocycles. The molecule has 0 aromatic heterocycles. The summed E-state index contributed by atoms with van der Waals surface area (Å²) in [6.07, 6.45) is 4.35. The molecule has 18 heavy (non-hydrogen) atoms. The van der Waals surface area contributed by atoms with Crippen LogP contribution in [0.25, 0.3) is 0 Å². The van der Waals surface area contributed by atoms with Crippen molar-refractivity contribution in [2.24, 2.45) is 5.73 Å². The van der Waals surface area contributed by atoms with E-state index in [1.165, 1.54) is 0 Å². The standard InChI is InChI=1S/C14H29N3O/c1-10(13(18)16-14(2,3)4)17(5)12-8-6-11(15)7-9-12/h10-12H,6-9,15H2,1-5H3,(H,16,18). The fourth-order valence-corrected chi connectivity index (χ4v) is 2.48. The van der Waals surface area contributed by atoms with Gasteiger partial charge in [-0.1, -0.05) is 0 Å². The van der Waals surface area contributed by atoms with Gasteiger partial charge in [0.1, 0.15) is 0 Å². The van der Waals surface area contributed by atoms with Crippen molar-refractivity contribution in [2.75, 3.05) is 7.05 Å². The Morgan fingerprint density at radius 1 is 1.28 bits per heavy atom. The van der Waals surface area contributed by atoms with Gasteiger partial charge in [0.05, 0.1) is 6.04 Å². The summed E-state index contributed by atoms with van der Waals surface area (Å²) in [7, 11) is 2.05. The van der Waals surface area contributed by atoms with Gasteiger partial charge in [-0.05, 0) is 60.4 Å². The molecule has 4 nitrogen and oxygen atoms in total. The molecular weight excluding hydrogens is 226 g/mol. The van der Waals surface area contributed by atoms with Crippen molar-refractivity contribution in [1.29, 1.82) is 0 Å². The van der Waals surface area contributed by atoms with Crippen LogP contribution in [0.15, 0.2) is 0 Å². The molecule has 0 saturated heterocycles. The van der Waals surface area contributed by atoms with E-state index in [-0.39, 0.29) is 17.5 Å². The maximum Gasteiger partial charge on any atom is 0.237 e. The average molecular weight is 255 g/mol. The summed E-state index contributed by atoms with van der Waals surface area (Å²) in [4.78, 5) is 14.3. The zero-order chi connectivity index (χ0) is 13.9. The number of nitrogens with one attached hydrogen (secondary N) is 1. The van der Waals surface area contributed by atoms with E-state index < -0.39 is 0 Å². The Hall–Kier alpha value is -0.610. The second-order valence-electron chi connectivity index (χ2n) is 6.65. The third-order valence-electron chi connectivity index (χ3n) is 3.81. The van der Waals surface area contributed by atoms with Crippen molar-refractivity contribution in [3.63, 3.8) is 0 Å². The SMILES string of the molecule is CC(C(=O)NC(C)(C)C)N(C)C1CCC(N)CC1. The van der Waals surface area contributed by atoms with Crippen LogP contribution in [0.5, 0.6) is 0 Å². The Balaban J connectivity index is 2.50. The van der Waals surface area contributed by atoms with Crippen molar-refractivity contribution in [1.82, 2.24) is 10.2 Å². The Morgan fingerprint density at radius 3 is 2.22 bits per heavy atom. The first-order chi connectivity index (χ1) is 8.20. The molecule has 0 radical (unpaired) electrons. The van der Waals surface area contributed by atoms with E-state index in [0.717, 1.165) is 25.7 Å². The lowest BCUT2D eigenvalue weighted by atomic mass is 9.90. The summed E-state index contributed by atoms with van der Waals surface area (Å²) in [6, 6.07) is 0.766. The first-order valence-electron chi connectivity index (χ1n) is 7.00. The third kappa shape index (κ3) is 4.58. The van der Waals surface area contributed by atoms with Gasteiger partial charge >= 0.3 is 0 Å². The van der Waals surface area contributed by atoms with E-state index in [4.69, 9.17) is 5.73 Å². The normalized spacial score (nSPS) is 27.1. The summed E-state index contributed by atoms with van der Waals surface area (Å²) in [5.41, 5.74) is 5.75. The minimum Gasteiger partial charge on any atom is -0.350 e. The highest BCUT2D eigenvalue weighted by Crippen LogP contribution is 2.22. The second-order valence-corrected chi connectivity index (χ2v) is 6.65. The highest BCUT2D eigenvalue weighted by molar-refractivity contribution is 5.81. The fourth-order valence-electron chi connectivity index (χ4n) is 2.48. The van der Waals surface area contributed by atoms with Gasteiger partial charge < -0.3 is 11.1 Å². The van der Waals surface area contributed by atoms with Crippen LogP contribution >= 0.6 is 0 Å². The Kier molecular flexibility index (Phi) is 5.17. The van der Waals surface area contributed by atoms with Crippen molar-refractivity contribution in [3.05, 3.63) is 0 Å². The number of carbonyl (C=O) groups is 1. The molecule has 0 aromatic rings. The van der Waals surface area contributed by atoms with Crippen LogP contribution in [0, 0.1) is 0 Å². The minimum absolute atomic E-state index is 0.0800. The maximum atomic E-state index is 12.1. The summed E-state index contributed by atoms with van der Waals surface area (Å²) in [6.45, 7) is 8.02. The van der Waals surface area contributed by atoms with Crippen LogP contribution in [0.2, 0.25) is 0 Å². The zero-order valence-corrected chi connectivity index (χ0v) is 12.5. The van der Waals surface area contributed by atoms with Gasteiger partial charge in [-0.15, -0.1) is 0 Å². The first kappa shape index (κ1) is 15.4. The number of rotatable bonds is 3. The van der Waals surface area contributed by atoms with Crippen LogP contribution in [0.3, 0.4) is 0 Å². The monoisotopic (exact) mass is 255 g/mol. The molecule has 1 atom stereocenters. The molecule has 1 aliphatic carbocycles. The Bertz CT molecular complexity index is 277. The van der Waals surface area contributed by atoms with Gasteiger partial charge in [-0.2, -0.15) is 0 Å². The number of carbonyl (C=O) groups excluding carboxylic acids is 1. The van der Waals surface area contributed by atoms with Gasteiger partial charge in [0.2, 0.25) is 5.91 Å². The van der Waals surface area contributed by atoms with Crippen LogP contribution in [-0.2, 0) is 4.79 Å². The topological polar surface area (TPSA) is 58.4 Å². The van der Waals surface area contributed by atoms with E-state index in [2.05, 4.69) is 17.3 Å². The molecule has 0 bridgehead atoms. The lowest BCUT2D eigenvalue weighted by Crippen LogP contribution is -2.53. The van der Waals surface area contributed by atoms with Crippen molar-refractivity contribution in [2.45, 2.75) is 77.0 Å². The van der Waals surface area contributed by atoms with Crippen molar-refractivity contribution < 1.29 is 4.79 Å². The highest BCUT2D eigenvalue weighted by atomic mass is 16.2. The summed E-state index contributed by atoms with van der Waals surface area (Å²) < 4.78 is 0. The smallest absolute Gasteiger partial charge is 0.237 e. The van der Waals surface area contributed by atoms with Gasteiger partial charge in [-0.3, -0.25) is 9.69 Å². The molecule has 0 spiro atoms. The molecule has 1 amide bonds. The van der Waals surface area contributed by atoms with Crippen LogP contribution in [0.4, 0.5) is 0 Å². The van der Waals surface area contributed by atoms with E-state index in [1.807, 2.05) is 27.7 Å². The molecule has 0 aliphatic heterocycles. The van der Waals surface area contributed by atoms with Gasteiger partial charge in [0.15, 0.2) is 0 Å². The second kappa shape index (κ2) is 6.02. The van der Waals surface area contributed by atoms with Gasteiger partial charge in [0.25, 0.3) is 0 Å². The average Bonchev–Trinajstić information content (AvgIpc) is 2.26. The van der Waals surface area contributed by atoms with Gasteiger partial charge in [-0.25, -0.2) is 0 Å². The largest absolute Gasteiger partial charge is 0.350 e. The molecule has 106 valence electrons. The maximum absolute atomic E-state index is 12.1. The number of hydrogen-bond acceptors (Lipinski definition) is 3.